The molecule has 0 bridgehead atoms. The number of ether oxygens (including phenoxy) is 1. The molecule has 0 heterocycles. The molecular formula is C12H14BrNO6S. The Balaban J connectivity index is 2.87. The van der Waals surface area contributed by atoms with Crippen LogP contribution in [-0.4, -0.2) is 38.6 Å². The van der Waals surface area contributed by atoms with Gasteiger partial charge in [0, 0.05) is 10.9 Å². The predicted octanol–water partition coefficient (Wildman–Crippen LogP) is 1.13. The van der Waals surface area contributed by atoms with Gasteiger partial charge in [0.2, 0.25) is 10.0 Å². The zero-order valence-corrected chi connectivity index (χ0v) is 13.5. The maximum atomic E-state index is 12.1. The maximum Gasteiger partial charge on any atom is 0.321 e. The second kappa shape index (κ2) is 7.53. The van der Waals surface area contributed by atoms with E-state index in [0.29, 0.717) is 4.47 Å². The third-order valence-corrected chi connectivity index (χ3v) is 4.53. The molecule has 1 aromatic rings. The van der Waals surface area contributed by atoms with Crippen molar-refractivity contribution < 1.29 is 27.9 Å². The average Bonchev–Trinajstić information content (AvgIpc) is 2.42. The first kappa shape index (κ1) is 17.6. The van der Waals surface area contributed by atoms with Crippen LogP contribution in [0.2, 0.25) is 0 Å². The number of hydrogen-bond acceptors (Lipinski definition) is 5. The SMILES string of the molecule is COC(=O)CC[C@H](NS(=O)(=O)c1cccc(Br)c1)C(=O)O. The molecule has 2 N–H and O–H groups in total. The molecule has 9 heteroatoms. The number of methoxy groups -OCH3 is 1. The van der Waals surface area contributed by atoms with Crippen molar-refractivity contribution in [3.63, 3.8) is 0 Å². The molecule has 1 rings (SSSR count). The first-order valence-corrected chi connectivity index (χ1v) is 8.11. The fraction of sp³-hybridized carbons (Fsp3) is 0.333. The van der Waals surface area contributed by atoms with Crippen LogP contribution in [0, 0.1) is 0 Å². The minimum Gasteiger partial charge on any atom is -0.480 e. The molecule has 21 heavy (non-hydrogen) atoms. The molecule has 0 saturated carbocycles. The van der Waals surface area contributed by atoms with Crippen LogP contribution in [-0.2, 0) is 24.3 Å². The molecule has 7 nitrogen and oxygen atoms in total. The van der Waals surface area contributed by atoms with E-state index in [2.05, 4.69) is 25.4 Å². The Bertz CT molecular complexity index is 630. The van der Waals surface area contributed by atoms with Crippen LogP contribution in [0.1, 0.15) is 12.8 Å². The van der Waals surface area contributed by atoms with E-state index < -0.39 is 28.0 Å². The summed E-state index contributed by atoms with van der Waals surface area (Å²) in [5, 5.41) is 9.04. The van der Waals surface area contributed by atoms with Crippen molar-refractivity contribution in [1.29, 1.82) is 0 Å². The topological polar surface area (TPSA) is 110 Å². The van der Waals surface area contributed by atoms with E-state index in [-0.39, 0.29) is 17.7 Å². The zero-order chi connectivity index (χ0) is 16.0. The largest absolute Gasteiger partial charge is 0.480 e. The molecule has 1 atom stereocenters. The summed E-state index contributed by atoms with van der Waals surface area (Å²) < 4.78 is 31.2. The van der Waals surface area contributed by atoms with Crippen LogP contribution < -0.4 is 4.72 Å². The number of benzene rings is 1. The van der Waals surface area contributed by atoms with Gasteiger partial charge >= 0.3 is 11.9 Å². The minimum absolute atomic E-state index is 0.0683. The smallest absolute Gasteiger partial charge is 0.321 e. The molecular weight excluding hydrogens is 366 g/mol. The quantitative estimate of drug-likeness (QED) is 0.687. The van der Waals surface area contributed by atoms with E-state index in [0.717, 1.165) is 0 Å². The molecule has 0 amide bonds. The molecule has 0 fully saturated rings. The molecule has 0 aliphatic rings. The zero-order valence-electron chi connectivity index (χ0n) is 11.1. The summed E-state index contributed by atoms with van der Waals surface area (Å²) >= 11 is 3.14. The first-order chi connectivity index (χ1) is 9.76. The van der Waals surface area contributed by atoms with Crippen molar-refractivity contribution in [3.05, 3.63) is 28.7 Å². The number of carbonyl (C=O) groups excluding carboxylic acids is 1. The molecule has 0 radical (unpaired) electrons. The van der Waals surface area contributed by atoms with Crippen molar-refractivity contribution in [2.24, 2.45) is 0 Å². The first-order valence-electron chi connectivity index (χ1n) is 5.84. The molecule has 0 aliphatic carbocycles. The molecule has 0 spiro atoms. The third-order valence-electron chi connectivity index (χ3n) is 2.57. The summed E-state index contributed by atoms with van der Waals surface area (Å²) in [5.41, 5.74) is 0. The van der Waals surface area contributed by atoms with Crippen molar-refractivity contribution in [1.82, 2.24) is 4.72 Å². The van der Waals surface area contributed by atoms with Gasteiger partial charge in [-0.15, -0.1) is 0 Å². The van der Waals surface area contributed by atoms with E-state index in [1.54, 1.807) is 6.07 Å². The van der Waals surface area contributed by atoms with Crippen LogP contribution >= 0.6 is 15.9 Å². The minimum atomic E-state index is -3.99. The Labute approximate surface area is 130 Å². The standard InChI is InChI=1S/C12H14BrNO6S/c1-20-11(15)6-5-10(12(16)17)14-21(18,19)9-4-2-3-8(13)7-9/h2-4,7,10,14H,5-6H2,1H3,(H,16,17)/t10-/m0/s1. The summed E-state index contributed by atoms with van der Waals surface area (Å²) in [4.78, 5) is 22.0. The van der Waals surface area contributed by atoms with Crippen LogP contribution in [0.5, 0.6) is 0 Å². The molecule has 1 aromatic carbocycles. The molecule has 0 aromatic heterocycles. The second-order valence-corrected chi connectivity index (χ2v) is 6.71. The Morgan fingerprint density at radius 2 is 2.10 bits per heavy atom. The van der Waals surface area contributed by atoms with Gasteiger partial charge in [0.15, 0.2) is 0 Å². The highest BCUT2D eigenvalue weighted by atomic mass is 79.9. The van der Waals surface area contributed by atoms with Crippen molar-refractivity contribution >= 4 is 37.9 Å². The number of aliphatic carboxylic acids is 1. The fourth-order valence-corrected chi connectivity index (χ4v) is 3.31. The lowest BCUT2D eigenvalue weighted by atomic mass is 10.2. The lowest BCUT2D eigenvalue weighted by Gasteiger charge is -2.14. The van der Waals surface area contributed by atoms with Gasteiger partial charge in [0.1, 0.15) is 6.04 Å². The average molecular weight is 380 g/mol. The Morgan fingerprint density at radius 3 is 2.62 bits per heavy atom. The van der Waals surface area contributed by atoms with Gasteiger partial charge in [0.25, 0.3) is 0 Å². The van der Waals surface area contributed by atoms with E-state index in [1.165, 1.54) is 25.3 Å². The Hall–Kier alpha value is -1.45. The summed E-state index contributed by atoms with van der Waals surface area (Å²) in [6.45, 7) is 0. The van der Waals surface area contributed by atoms with E-state index in [1.807, 2.05) is 0 Å². The summed E-state index contributed by atoms with van der Waals surface area (Å²) in [6.07, 6.45) is -0.399. The summed E-state index contributed by atoms with van der Waals surface area (Å²) in [7, 11) is -2.82. The van der Waals surface area contributed by atoms with Gasteiger partial charge in [-0.3, -0.25) is 9.59 Å². The Morgan fingerprint density at radius 1 is 1.43 bits per heavy atom. The molecule has 0 aliphatic heterocycles. The van der Waals surface area contributed by atoms with E-state index in [4.69, 9.17) is 5.11 Å². The third kappa shape index (κ3) is 5.44. The number of nitrogens with one attached hydrogen (secondary N) is 1. The van der Waals surface area contributed by atoms with Crippen LogP contribution in [0.25, 0.3) is 0 Å². The normalized spacial score (nSPS) is 12.7. The number of sulfonamides is 1. The second-order valence-electron chi connectivity index (χ2n) is 4.08. The fourth-order valence-electron chi connectivity index (χ4n) is 1.49. The van der Waals surface area contributed by atoms with Crippen LogP contribution in [0.3, 0.4) is 0 Å². The number of rotatable bonds is 7. The number of carboxylic acid groups (broad SMARTS) is 1. The van der Waals surface area contributed by atoms with Crippen molar-refractivity contribution in [3.8, 4) is 0 Å². The lowest BCUT2D eigenvalue weighted by Crippen LogP contribution is -2.41. The molecule has 116 valence electrons. The van der Waals surface area contributed by atoms with Crippen molar-refractivity contribution in [2.75, 3.05) is 7.11 Å². The summed E-state index contributed by atoms with van der Waals surface area (Å²) in [5.74, 6) is -1.97. The maximum absolute atomic E-state index is 12.1. The predicted molar refractivity (Wildman–Crippen MR) is 77.1 cm³/mol. The Kier molecular flexibility index (Phi) is 6.31. The van der Waals surface area contributed by atoms with Gasteiger partial charge in [-0.1, -0.05) is 22.0 Å². The lowest BCUT2D eigenvalue weighted by molar-refractivity contribution is -0.142. The molecule has 0 unspecified atom stereocenters. The number of carbonyl (C=O) groups is 2. The monoisotopic (exact) mass is 379 g/mol. The van der Waals surface area contributed by atoms with E-state index >= 15 is 0 Å². The highest BCUT2D eigenvalue weighted by Gasteiger charge is 2.26. The van der Waals surface area contributed by atoms with Gasteiger partial charge < -0.3 is 9.84 Å². The number of carboxylic acids is 1. The number of halogens is 1. The number of esters is 1. The van der Waals surface area contributed by atoms with Crippen LogP contribution in [0.15, 0.2) is 33.6 Å². The summed E-state index contributed by atoms with van der Waals surface area (Å²) in [6, 6.07) is 4.44. The van der Waals surface area contributed by atoms with Gasteiger partial charge in [-0.25, -0.2) is 8.42 Å². The van der Waals surface area contributed by atoms with Gasteiger partial charge in [-0.05, 0) is 24.6 Å². The highest BCUT2D eigenvalue weighted by Crippen LogP contribution is 2.16. The van der Waals surface area contributed by atoms with Crippen LogP contribution in [0.4, 0.5) is 0 Å². The van der Waals surface area contributed by atoms with E-state index in [9.17, 15) is 18.0 Å². The van der Waals surface area contributed by atoms with Gasteiger partial charge in [-0.2, -0.15) is 4.72 Å². The highest BCUT2D eigenvalue weighted by molar-refractivity contribution is 9.10. The van der Waals surface area contributed by atoms with Crippen molar-refractivity contribution in [2.45, 2.75) is 23.8 Å². The number of hydrogen-bond donors (Lipinski definition) is 2. The molecule has 0 saturated heterocycles. The van der Waals surface area contributed by atoms with Gasteiger partial charge in [0.05, 0.1) is 12.0 Å².